The quantitative estimate of drug-likeness (QED) is 0.427. The second-order valence-electron chi connectivity index (χ2n) is 7.01. The lowest BCUT2D eigenvalue weighted by molar-refractivity contribution is -0.130. The fourth-order valence-electron chi connectivity index (χ4n) is 2.92. The Bertz CT molecular complexity index is 1150. The molecular weight excluding hydrogens is 429 g/mol. The molecular formula is C24H20FN3O5. The molecule has 0 spiro atoms. The van der Waals surface area contributed by atoms with Crippen LogP contribution in [0.15, 0.2) is 77.9 Å². The van der Waals surface area contributed by atoms with Crippen molar-refractivity contribution in [1.29, 1.82) is 0 Å². The summed E-state index contributed by atoms with van der Waals surface area (Å²) >= 11 is 0. The zero-order valence-electron chi connectivity index (χ0n) is 17.4. The van der Waals surface area contributed by atoms with Crippen molar-refractivity contribution in [3.63, 3.8) is 0 Å². The predicted molar refractivity (Wildman–Crippen MR) is 119 cm³/mol. The number of para-hydroxylation sites is 2. The van der Waals surface area contributed by atoms with E-state index in [0.717, 1.165) is 0 Å². The van der Waals surface area contributed by atoms with Gasteiger partial charge in [-0.25, -0.2) is 9.82 Å². The minimum absolute atomic E-state index is 0.0964. The number of hydrogen-bond acceptors (Lipinski definition) is 6. The highest BCUT2D eigenvalue weighted by Crippen LogP contribution is 2.30. The summed E-state index contributed by atoms with van der Waals surface area (Å²) in [5, 5.41) is 6.55. The van der Waals surface area contributed by atoms with Crippen LogP contribution >= 0.6 is 0 Å². The summed E-state index contributed by atoms with van der Waals surface area (Å²) in [5.74, 6) is 0.417. The summed E-state index contributed by atoms with van der Waals surface area (Å²) < 4.78 is 29.5. The molecule has 1 unspecified atom stereocenters. The first-order chi connectivity index (χ1) is 16.1. The smallest absolute Gasteiger partial charge is 0.284 e. The van der Waals surface area contributed by atoms with E-state index in [0.29, 0.717) is 28.5 Å². The van der Waals surface area contributed by atoms with Crippen molar-refractivity contribution in [2.24, 2.45) is 5.10 Å². The SMILES string of the molecule is O=C(COc1ccc(C=NNC(=O)C2COc3ccccc3O2)cc1)Nc1ccc(F)cc1. The highest BCUT2D eigenvalue weighted by molar-refractivity contribution is 5.91. The van der Waals surface area contributed by atoms with Gasteiger partial charge in [0.1, 0.15) is 18.2 Å². The highest BCUT2D eigenvalue weighted by Gasteiger charge is 2.26. The predicted octanol–water partition coefficient (Wildman–Crippen LogP) is 3.13. The van der Waals surface area contributed by atoms with Crippen LogP contribution in [0.2, 0.25) is 0 Å². The van der Waals surface area contributed by atoms with Crippen LogP contribution in [0.4, 0.5) is 10.1 Å². The standard InChI is InChI=1S/C24H20FN3O5/c25-17-7-9-18(10-8-17)27-23(29)15-31-19-11-5-16(6-12-19)13-26-28-24(30)22-14-32-20-3-1-2-4-21(20)33-22/h1-13,22H,14-15H2,(H,27,29)(H,28,30). The Morgan fingerprint density at radius 3 is 2.52 bits per heavy atom. The molecule has 2 N–H and O–H groups in total. The molecule has 0 aromatic heterocycles. The van der Waals surface area contributed by atoms with Gasteiger partial charge in [0.05, 0.1) is 6.21 Å². The Morgan fingerprint density at radius 2 is 1.76 bits per heavy atom. The Labute approximate surface area is 189 Å². The molecule has 0 saturated heterocycles. The Balaban J connectivity index is 1.21. The van der Waals surface area contributed by atoms with Crippen molar-refractivity contribution >= 4 is 23.7 Å². The molecule has 2 amide bonds. The lowest BCUT2D eigenvalue weighted by Gasteiger charge is -2.24. The van der Waals surface area contributed by atoms with Gasteiger partial charge < -0.3 is 19.5 Å². The molecule has 168 valence electrons. The van der Waals surface area contributed by atoms with E-state index in [1.165, 1.54) is 30.5 Å². The fraction of sp³-hybridized carbons (Fsp3) is 0.125. The first-order valence-electron chi connectivity index (χ1n) is 10.1. The number of carbonyl (C=O) groups is 2. The van der Waals surface area contributed by atoms with Crippen molar-refractivity contribution < 1.29 is 28.2 Å². The first kappa shape index (κ1) is 21.8. The van der Waals surface area contributed by atoms with Gasteiger partial charge in [0, 0.05) is 5.69 Å². The van der Waals surface area contributed by atoms with Crippen LogP contribution in [0.3, 0.4) is 0 Å². The van der Waals surface area contributed by atoms with Gasteiger partial charge in [-0.05, 0) is 66.2 Å². The molecule has 4 rings (SSSR count). The second kappa shape index (κ2) is 10.3. The van der Waals surface area contributed by atoms with Gasteiger partial charge in [0.2, 0.25) is 6.10 Å². The molecule has 0 saturated carbocycles. The molecule has 0 fully saturated rings. The average molecular weight is 449 g/mol. The largest absolute Gasteiger partial charge is 0.485 e. The Morgan fingerprint density at radius 1 is 1.03 bits per heavy atom. The third-order valence-electron chi connectivity index (χ3n) is 4.57. The number of hydrogen-bond donors (Lipinski definition) is 2. The van der Waals surface area contributed by atoms with Crippen molar-refractivity contribution in [3.05, 3.63) is 84.2 Å². The third-order valence-corrected chi connectivity index (χ3v) is 4.57. The summed E-state index contributed by atoms with van der Waals surface area (Å²) in [6, 6.07) is 19.4. The molecule has 9 heteroatoms. The van der Waals surface area contributed by atoms with E-state index < -0.39 is 12.0 Å². The molecule has 1 aliphatic rings. The summed E-state index contributed by atoms with van der Waals surface area (Å²) in [5.41, 5.74) is 3.62. The number of amides is 2. The highest BCUT2D eigenvalue weighted by atomic mass is 19.1. The van der Waals surface area contributed by atoms with E-state index >= 15 is 0 Å². The lowest BCUT2D eigenvalue weighted by atomic mass is 10.2. The number of hydrazone groups is 1. The molecule has 33 heavy (non-hydrogen) atoms. The molecule has 0 bridgehead atoms. The van der Waals surface area contributed by atoms with Gasteiger partial charge in [0.15, 0.2) is 18.1 Å². The summed E-state index contributed by atoms with van der Waals surface area (Å²) in [6.07, 6.45) is 0.675. The third kappa shape index (κ3) is 6.07. The van der Waals surface area contributed by atoms with Gasteiger partial charge >= 0.3 is 0 Å². The van der Waals surface area contributed by atoms with Crippen molar-refractivity contribution in [3.8, 4) is 17.2 Å². The van der Waals surface area contributed by atoms with E-state index in [9.17, 15) is 14.0 Å². The minimum atomic E-state index is -0.797. The number of nitrogens with zero attached hydrogens (tertiary/aromatic N) is 1. The fourth-order valence-corrected chi connectivity index (χ4v) is 2.92. The van der Waals surface area contributed by atoms with Gasteiger partial charge in [-0.1, -0.05) is 12.1 Å². The zero-order valence-corrected chi connectivity index (χ0v) is 17.4. The molecule has 8 nitrogen and oxygen atoms in total. The summed E-state index contributed by atoms with van der Waals surface area (Å²) in [6.45, 7) is -0.105. The number of benzene rings is 3. The van der Waals surface area contributed by atoms with E-state index in [4.69, 9.17) is 14.2 Å². The van der Waals surface area contributed by atoms with Crippen LogP contribution in [-0.4, -0.2) is 37.3 Å². The van der Waals surface area contributed by atoms with Crippen molar-refractivity contribution in [2.75, 3.05) is 18.5 Å². The van der Waals surface area contributed by atoms with Gasteiger partial charge in [-0.2, -0.15) is 5.10 Å². The normalized spacial score (nSPS) is 14.5. The Kier molecular flexibility index (Phi) is 6.79. The molecule has 0 radical (unpaired) electrons. The second-order valence-corrected chi connectivity index (χ2v) is 7.01. The summed E-state index contributed by atoms with van der Waals surface area (Å²) in [7, 11) is 0. The number of rotatable bonds is 7. The van der Waals surface area contributed by atoms with Crippen LogP contribution in [0.5, 0.6) is 17.2 Å². The van der Waals surface area contributed by atoms with Crippen LogP contribution in [0, 0.1) is 5.82 Å². The van der Waals surface area contributed by atoms with Crippen LogP contribution in [0.1, 0.15) is 5.56 Å². The molecule has 0 aliphatic carbocycles. The molecule has 1 atom stereocenters. The first-order valence-corrected chi connectivity index (χ1v) is 10.1. The molecule has 3 aromatic carbocycles. The van der Waals surface area contributed by atoms with Gasteiger partial charge in [0.25, 0.3) is 11.8 Å². The maximum absolute atomic E-state index is 12.9. The van der Waals surface area contributed by atoms with Crippen LogP contribution in [0.25, 0.3) is 0 Å². The maximum atomic E-state index is 12.9. The number of carbonyl (C=O) groups excluding carboxylic acids is 2. The number of nitrogens with one attached hydrogen (secondary N) is 2. The van der Waals surface area contributed by atoms with Gasteiger partial charge in [-0.3, -0.25) is 9.59 Å². The average Bonchev–Trinajstić information content (AvgIpc) is 2.84. The van der Waals surface area contributed by atoms with E-state index in [1.807, 2.05) is 6.07 Å². The number of halogens is 1. The number of anilines is 1. The van der Waals surface area contributed by atoms with Crippen LogP contribution in [-0.2, 0) is 9.59 Å². The molecule has 3 aromatic rings. The molecule has 1 aliphatic heterocycles. The lowest BCUT2D eigenvalue weighted by Crippen LogP contribution is -2.42. The van der Waals surface area contributed by atoms with E-state index in [-0.39, 0.29) is 24.9 Å². The van der Waals surface area contributed by atoms with E-state index in [2.05, 4.69) is 15.8 Å². The number of ether oxygens (including phenoxy) is 3. The monoisotopic (exact) mass is 449 g/mol. The Hall–Kier alpha value is -4.40. The minimum Gasteiger partial charge on any atom is -0.485 e. The van der Waals surface area contributed by atoms with Crippen molar-refractivity contribution in [2.45, 2.75) is 6.10 Å². The van der Waals surface area contributed by atoms with Crippen LogP contribution < -0.4 is 25.0 Å². The zero-order chi connectivity index (χ0) is 23.0. The van der Waals surface area contributed by atoms with Gasteiger partial charge in [-0.15, -0.1) is 0 Å². The van der Waals surface area contributed by atoms with Crippen molar-refractivity contribution in [1.82, 2.24) is 5.43 Å². The van der Waals surface area contributed by atoms with E-state index in [1.54, 1.807) is 42.5 Å². The summed E-state index contributed by atoms with van der Waals surface area (Å²) in [4.78, 5) is 24.2. The maximum Gasteiger partial charge on any atom is 0.284 e. The number of fused-ring (bicyclic) bond motifs is 1. The topological polar surface area (TPSA) is 98.2 Å². The molecule has 1 heterocycles.